The molecule has 1 N–H and O–H groups in total. The Morgan fingerprint density at radius 3 is 2.30 bits per heavy atom. The molecule has 2 aromatic rings. The monoisotopic (exact) mass is 388 g/mol. The number of benzene rings is 2. The first-order valence-corrected chi connectivity index (χ1v) is 7.35. The Bertz CT molecular complexity index is 718. The van der Waals surface area contributed by atoms with Crippen LogP contribution in [0.1, 0.15) is 24.1 Å². The Morgan fingerprint density at radius 2 is 1.78 bits per heavy atom. The number of alkyl halides is 3. The van der Waals surface area contributed by atoms with Gasteiger partial charge in [0.1, 0.15) is 5.56 Å². The number of nitro benzene ring substituents is 1. The van der Waals surface area contributed by atoms with Crippen LogP contribution >= 0.6 is 15.9 Å². The van der Waals surface area contributed by atoms with Crippen LogP contribution in [0.2, 0.25) is 0 Å². The molecule has 0 radical (unpaired) electrons. The van der Waals surface area contributed by atoms with Crippen LogP contribution in [0.4, 0.5) is 24.5 Å². The van der Waals surface area contributed by atoms with Gasteiger partial charge in [-0.15, -0.1) is 0 Å². The number of rotatable bonds is 4. The molecule has 0 aliphatic carbocycles. The van der Waals surface area contributed by atoms with Crippen LogP contribution in [0, 0.1) is 10.1 Å². The summed E-state index contributed by atoms with van der Waals surface area (Å²) >= 11 is 3.31. The van der Waals surface area contributed by atoms with Gasteiger partial charge in [0.05, 0.1) is 4.92 Å². The highest BCUT2D eigenvalue weighted by Gasteiger charge is 2.38. The van der Waals surface area contributed by atoms with Crippen molar-refractivity contribution in [1.82, 2.24) is 0 Å². The van der Waals surface area contributed by atoms with Crippen molar-refractivity contribution >= 4 is 27.3 Å². The Balaban J connectivity index is 2.30. The zero-order valence-electron chi connectivity index (χ0n) is 11.9. The summed E-state index contributed by atoms with van der Waals surface area (Å²) in [5.74, 6) is 0. The highest BCUT2D eigenvalue weighted by atomic mass is 79.9. The van der Waals surface area contributed by atoms with Crippen molar-refractivity contribution in [3.05, 3.63) is 68.2 Å². The van der Waals surface area contributed by atoms with Gasteiger partial charge in [-0.05, 0) is 36.8 Å². The third-order valence-electron chi connectivity index (χ3n) is 3.25. The van der Waals surface area contributed by atoms with E-state index >= 15 is 0 Å². The van der Waals surface area contributed by atoms with E-state index in [1.54, 1.807) is 6.92 Å². The summed E-state index contributed by atoms with van der Waals surface area (Å²) < 4.78 is 39.8. The zero-order valence-corrected chi connectivity index (χ0v) is 13.5. The molecule has 0 aliphatic rings. The predicted molar refractivity (Wildman–Crippen MR) is 84.3 cm³/mol. The van der Waals surface area contributed by atoms with Crippen LogP contribution in [0.3, 0.4) is 0 Å². The van der Waals surface area contributed by atoms with Gasteiger partial charge in [-0.25, -0.2) is 0 Å². The van der Waals surface area contributed by atoms with E-state index in [0.717, 1.165) is 22.2 Å². The molecule has 0 aromatic heterocycles. The lowest BCUT2D eigenvalue weighted by Crippen LogP contribution is -2.11. The van der Waals surface area contributed by atoms with E-state index < -0.39 is 22.4 Å². The first kappa shape index (κ1) is 17.3. The topological polar surface area (TPSA) is 55.2 Å². The molecule has 0 heterocycles. The Hall–Kier alpha value is -2.09. The van der Waals surface area contributed by atoms with Crippen LogP contribution in [0.25, 0.3) is 0 Å². The lowest BCUT2D eigenvalue weighted by atomic mass is 10.1. The van der Waals surface area contributed by atoms with Crippen LogP contribution in [0.15, 0.2) is 46.9 Å². The number of hydrogen-bond acceptors (Lipinski definition) is 3. The molecular formula is C15H12BrF3N2O2. The number of anilines is 1. The van der Waals surface area contributed by atoms with Crippen LogP contribution in [0.5, 0.6) is 0 Å². The van der Waals surface area contributed by atoms with E-state index in [1.807, 2.05) is 24.3 Å². The van der Waals surface area contributed by atoms with Gasteiger partial charge in [-0.1, -0.05) is 28.1 Å². The predicted octanol–water partition coefficient (Wildman–Crippen LogP) is 5.55. The first-order chi connectivity index (χ1) is 10.7. The second-order valence-electron chi connectivity index (χ2n) is 4.90. The van der Waals surface area contributed by atoms with E-state index in [9.17, 15) is 23.3 Å². The van der Waals surface area contributed by atoms with Crippen molar-refractivity contribution in [3.63, 3.8) is 0 Å². The van der Waals surface area contributed by atoms with Gasteiger partial charge in [0, 0.05) is 22.3 Å². The van der Waals surface area contributed by atoms with E-state index in [0.29, 0.717) is 0 Å². The molecule has 4 nitrogen and oxygen atoms in total. The number of hydrogen-bond donors (Lipinski definition) is 1. The van der Waals surface area contributed by atoms with E-state index in [1.165, 1.54) is 6.07 Å². The fraction of sp³-hybridized carbons (Fsp3) is 0.200. The number of halogens is 4. The molecule has 0 fully saturated rings. The summed E-state index contributed by atoms with van der Waals surface area (Å²) in [6, 6.07) is 9.94. The van der Waals surface area contributed by atoms with E-state index in [2.05, 4.69) is 21.2 Å². The van der Waals surface area contributed by atoms with Gasteiger partial charge in [0.2, 0.25) is 0 Å². The lowest BCUT2D eigenvalue weighted by molar-refractivity contribution is -0.388. The number of nitro groups is 1. The van der Waals surface area contributed by atoms with Crippen molar-refractivity contribution in [3.8, 4) is 0 Å². The van der Waals surface area contributed by atoms with Crippen molar-refractivity contribution in [2.75, 3.05) is 5.32 Å². The number of nitrogens with zero attached hydrogens (tertiary/aromatic N) is 1. The molecule has 2 aromatic carbocycles. The minimum absolute atomic E-state index is 0.165. The Morgan fingerprint density at radius 1 is 1.17 bits per heavy atom. The maximum atomic E-state index is 13.0. The minimum Gasteiger partial charge on any atom is -0.379 e. The molecule has 0 aliphatic heterocycles. The fourth-order valence-corrected chi connectivity index (χ4v) is 2.36. The summed E-state index contributed by atoms with van der Waals surface area (Å²) in [6.07, 6.45) is -4.79. The maximum absolute atomic E-state index is 13.0. The van der Waals surface area contributed by atoms with Gasteiger partial charge in [0.25, 0.3) is 5.69 Å². The third-order valence-corrected chi connectivity index (χ3v) is 3.78. The van der Waals surface area contributed by atoms with E-state index in [-0.39, 0.29) is 11.7 Å². The zero-order chi connectivity index (χ0) is 17.2. The standard InChI is InChI=1S/C15H12BrF3N2O2/c1-9(10-2-4-11(16)5-3-10)20-12-6-7-14(21(22)23)13(8-12)15(17,18)19/h2-9,20H,1H3. The molecule has 0 saturated carbocycles. The Labute approximate surface area is 138 Å². The minimum atomic E-state index is -4.79. The summed E-state index contributed by atoms with van der Waals surface area (Å²) in [7, 11) is 0. The maximum Gasteiger partial charge on any atom is 0.423 e. The molecule has 0 saturated heterocycles. The Kier molecular flexibility index (Phi) is 4.93. The molecule has 2 rings (SSSR count). The lowest BCUT2D eigenvalue weighted by Gasteiger charge is -2.17. The van der Waals surface area contributed by atoms with Gasteiger partial charge in [0.15, 0.2) is 0 Å². The highest BCUT2D eigenvalue weighted by molar-refractivity contribution is 9.10. The second-order valence-corrected chi connectivity index (χ2v) is 5.82. The van der Waals surface area contributed by atoms with Crippen LogP contribution < -0.4 is 5.32 Å². The summed E-state index contributed by atoms with van der Waals surface area (Å²) in [5.41, 5.74) is -1.19. The summed E-state index contributed by atoms with van der Waals surface area (Å²) in [4.78, 5) is 9.70. The van der Waals surface area contributed by atoms with Crippen LogP contribution in [-0.4, -0.2) is 4.92 Å². The molecule has 0 bridgehead atoms. The quantitative estimate of drug-likeness (QED) is 0.551. The molecule has 8 heteroatoms. The van der Waals surface area contributed by atoms with Crippen molar-refractivity contribution < 1.29 is 18.1 Å². The second kappa shape index (κ2) is 6.57. The van der Waals surface area contributed by atoms with E-state index in [4.69, 9.17) is 0 Å². The van der Waals surface area contributed by atoms with Gasteiger partial charge < -0.3 is 5.32 Å². The number of nitrogens with one attached hydrogen (secondary N) is 1. The molecule has 0 amide bonds. The molecule has 1 unspecified atom stereocenters. The van der Waals surface area contributed by atoms with Crippen molar-refractivity contribution in [2.24, 2.45) is 0 Å². The highest BCUT2D eigenvalue weighted by Crippen LogP contribution is 2.38. The average Bonchev–Trinajstić information content (AvgIpc) is 2.46. The van der Waals surface area contributed by atoms with Crippen molar-refractivity contribution in [1.29, 1.82) is 0 Å². The van der Waals surface area contributed by atoms with Gasteiger partial charge >= 0.3 is 6.18 Å². The molecule has 23 heavy (non-hydrogen) atoms. The SMILES string of the molecule is CC(Nc1ccc([N+](=O)[O-])c(C(F)(F)F)c1)c1ccc(Br)cc1. The smallest absolute Gasteiger partial charge is 0.379 e. The van der Waals surface area contributed by atoms with Crippen molar-refractivity contribution in [2.45, 2.75) is 19.1 Å². The van der Waals surface area contributed by atoms with Crippen LogP contribution in [-0.2, 0) is 6.18 Å². The molecule has 0 spiro atoms. The normalized spacial score (nSPS) is 12.7. The van der Waals surface area contributed by atoms with Gasteiger partial charge in [-0.3, -0.25) is 10.1 Å². The fourth-order valence-electron chi connectivity index (χ4n) is 2.10. The molecular weight excluding hydrogens is 377 g/mol. The molecule has 122 valence electrons. The van der Waals surface area contributed by atoms with Gasteiger partial charge in [-0.2, -0.15) is 13.2 Å². The summed E-state index contributed by atoms with van der Waals surface area (Å²) in [5, 5.41) is 13.7. The third kappa shape index (κ3) is 4.22. The molecule has 1 atom stereocenters. The summed E-state index contributed by atoms with van der Waals surface area (Å²) in [6.45, 7) is 1.79. The first-order valence-electron chi connectivity index (χ1n) is 6.56. The average molecular weight is 389 g/mol. The largest absolute Gasteiger partial charge is 0.423 e.